The zero-order valence-electron chi connectivity index (χ0n) is 12.4. The van der Waals surface area contributed by atoms with Gasteiger partial charge in [-0.2, -0.15) is 0 Å². The summed E-state index contributed by atoms with van der Waals surface area (Å²) in [6.45, 7) is 4.56. The van der Waals surface area contributed by atoms with E-state index in [-0.39, 0.29) is 11.6 Å². The molecular formula is C18H19FO2. The summed E-state index contributed by atoms with van der Waals surface area (Å²) in [5.41, 5.74) is 2.86. The summed E-state index contributed by atoms with van der Waals surface area (Å²) in [6, 6.07) is 11.6. The first kappa shape index (κ1) is 15.2. The van der Waals surface area contributed by atoms with Crippen LogP contribution >= 0.6 is 0 Å². The Kier molecular flexibility index (Phi) is 5.09. The van der Waals surface area contributed by atoms with Gasteiger partial charge in [-0.25, -0.2) is 4.39 Å². The Hall–Kier alpha value is -2.16. The number of halogens is 1. The molecule has 0 radical (unpaired) electrons. The smallest absolute Gasteiger partial charge is 0.163 e. The first-order valence-electron chi connectivity index (χ1n) is 7.05. The Balaban J connectivity index is 1.80. The molecule has 0 heterocycles. The van der Waals surface area contributed by atoms with Crippen molar-refractivity contribution >= 4 is 5.78 Å². The summed E-state index contributed by atoms with van der Waals surface area (Å²) in [5.74, 6) is 0.550. The molecule has 0 bridgehead atoms. The van der Waals surface area contributed by atoms with Crippen LogP contribution in [0.25, 0.3) is 0 Å². The Morgan fingerprint density at radius 1 is 1.10 bits per heavy atom. The second kappa shape index (κ2) is 7.02. The highest BCUT2D eigenvalue weighted by Gasteiger charge is 2.06. The lowest BCUT2D eigenvalue weighted by atomic mass is 10.1. The van der Waals surface area contributed by atoms with Crippen LogP contribution in [0.3, 0.4) is 0 Å². The van der Waals surface area contributed by atoms with E-state index in [1.807, 2.05) is 32.0 Å². The molecule has 2 nitrogen and oxygen atoms in total. The van der Waals surface area contributed by atoms with Crippen LogP contribution in [0.2, 0.25) is 0 Å². The Bertz CT molecular complexity index is 618. The van der Waals surface area contributed by atoms with Crippen LogP contribution in [-0.2, 0) is 0 Å². The SMILES string of the molecule is Cc1cccc(OCCCC(=O)c2ccc(F)cc2)c1C. The minimum atomic E-state index is -0.329. The van der Waals surface area contributed by atoms with Gasteiger partial charge in [0.15, 0.2) is 5.78 Å². The van der Waals surface area contributed by atoms with Gasteiger partial charge in [-0.15, -0.1) is 0 Å². The first-order valence-corrected chi connectivity index (χ1v) is 7.05. The minimum Gasteiger partial charge on any atom is -0.493 e. The van der Waals surface area contributed by atoms with Gasteiger partial charge in [-0.05, 0) is 61.7 Å². The average Bonchev–Trinajstić information content (AvgIpc) is 2.48. The summed E-state index contributed by atoms with van der Waals surface area (Å²) in [7, 11) is 0. The maximum atomic E-state index is 12.8. The van der Waals surface area contributed by atoms with Crippen molar-refractivity contribution in [1.29, 1.82) is 0 Å². The van der Waals surface area contributed by atoms with Crippen molar-refractivity contribution in [1.82, 2.24) is 0 Å². The number of carbonyl (C=O) groups excluding carboxylic acids is 1. The number of hydrogen-bond donors (Lipinski definition) is 0. The molecule has 0 N–H and O–H groups in total. The van der Waals surface area contributed by atoms with Gasteiger partial charge < -0.3 is 4.74 Å². The van der Waals surface area contributed by atoms with Gasteiger partial charge in [0.1, 0.15) is 11.6 Å². The standard InChI is InChI=1S/C18H19FO2/c1-13-5-3-7-18(14(13)2)21-12-4-6-17(20)15-8-10-16(19)11-9-15/h3,5,7-11H,4,6,12H2,1-2H3. The van der Waals surface area contributed by atoms with Gasteiger partial charge in [0.2, 0.25) is 0 Å². The number of ketones is 1. The van der Waals surface area contributed by atoms with Crippen LogP contribution in [0.5, 0.6) is 5.75 Å². The van der Waals surface area contributed by atoms with Gasteiger partial charge >= 0.3 is 0 Å². The van der Waals surface area contributed by atoms with E-state index < -0.39 is 0 Å². The van der Waals surface area contributed by atoms with E-state index >= 15 is 0 Å². The molecule has 0 spiro atoms. The largest absolute Gasteiger partial charge is 0.493 e. The Morgan fingerprint density at radius 2 is 1.81 bits per heavy atom. The molecule has 2 rings (SSSR count). The van der Waals surface area contributed by atoms with Crippen LogP contribution in [0.1, 0.15) is 34.3 Å². The fourth-order valence-electron chi connectivity index (χ4n) is 2.08. The molecule has 0 aliphatic rings. The van der Waals surface area contributed by atoms with Crippen molar-refractivity contribution in [2.75, 3.05) is 6.61 Å². The number of hydrogen-bond acceptors (Lipinski definition) is 2. The minimum absolute atomic E-state index is 0.0135. The molecule has 0 saturated carbocycles. The van der Waals surface area contributed by atoms with Crippen molar-refractivity contribution in [3.05, 3.63) is 65.0 Å². The van der Waals surface area contributed by atoms with E-state index in [2.05, 4.69) is 0 Å². The van der Waals surface area contributed by atoms with Gasteiger partial charge in [-0.1, -0.05) is 12.1 Å². The predicted octanol–water partition coefficient (Wildman–Crippen LogP) is 4.48. The van der Waals surface area contributed by atoms with E-state index in [1.165, 1.54) is 29.8 Å². The van der Waals surface area contributed by atoms with Crippen LogP contribution < -0.4 is 4.74 Å². The zero-order valence-corrected chi connectivity index (χ0v) is 12.4. The second-order valence-corrected chi connectivity index (χ2v) is 5.08. The number of Topliss-reactive ketones (excluding diaryl/α,β-unsaturated/α-hetero) is 1. The molecule has 0 amide bonds. The molecule has 0 aliphatic carbocycles. The topological polar surface area (TPSA) is 26.3 Å². The third-order valence-corrected chi connectivity index (χ3v) is 3.53. The van der Waals surface area contributed by atoms with Crippen molar-refractivity contribution in [2.24, 2.45) is 0 Å². The van der Waals surface area contributed by atoms with Gasteiger partial charge in [0, 0.05) is 12.0 Å². The number of carbonyl (C=O) groups is 1. The number of benzene rings is 2. The van der Waals surface area contributed by atoms with Crippen LogP contribution in [0, 0.1) is 19.7 Å². The predicted molar refractivity (Wildman–Crippen MR) is 81.4 cm³/mol. The molecule has 0 saturated heterocycles. The summed E-state index contributed by atoms with van der Waals surface area (Å²) < 4.78 is 18.5. The highest BCUT2D eigenvalue weighted by molar-refractivity contribution is 5.95. The van der Waals surface area contributed by atoms with Crippen molar-refractivity contribution < 1.29 is 13.9 Å². The highest BCUT2D eigenvalue weighted by Crippen LogP contribution is 2.20. The molecule has 0 unspecified atom stereocenters. The van der Waals surface area contributed by atoms with Crippen LogP contribution in [0.15, 0.2) is 42.5 Å². The third-order valence-electron chi connectivity index (χ3n) is 3.53. The first-order chi connectivity index (χ1) is 10.1. The fourth-order valence-corrected chi connectivity index (χ4v) is 2.08. The number of rotatable bonds is 6. The number of aryl methyl sites for hydroxylation is 1. The quantitative estimate of drug-likeness (QED) is 0.578. The Labute approximate surface area is 124 Å². The van der Waals surface area contributed by atoms with Gasteiger partial charge in [0.25, 0.3) is 0 Å². The van der Waals surface area contributed by atoms with E-state index in [4.69, 9.17) is 4.74 Å². The normalized spacial score (nSPS) is 10.4. The summed E-state index contributed by atoms with van der Waals surface area (Å²) in [5, 5.41) is 0. The van der Waals surface area contributed by atoms with Gasteiger partial charge in [-0.3, -0.25) is 4.79 Å². The molecule has 21 heavy (non-hydrogen) atoms. The highest BCUT2D eigenvalue weighted by atomic mass is 19.1. The molecule has 0 atom stereocenters. The Morgan fingerprint density at radius 3 is 2.52 bits per heavy atom. The lowest BCUT2D eigenvalue weighted by molar-refractivity contribution is 0.0973. The third kappa shape index (κ3) is 4.15. The summed E-state index contributed by atoms with van der Waals surface area (Å²) in [6.07, 6.45) is 1.04. The van der Waals surface area contributed by atoms with Crippen molar-refractivity contribution in [3.63, 3.8) is 0 Å². The molecule has 0 aliphatic heterocycles. The van der Waals surface area contributed by atoms with E-state index in [0.29, 0.717) is 25.0 Å². The maximum absolute atomic E-state index is 12.8. The van der Waals surface area contributed by atoms with Crippen molar-refractivity contribution in [2.45, 2.75) is 26.7 Å². The van der Waals surface area contributed by atoms with E-state index in [9.17, 15) is 9.18 Å². The zero-order chi connectivity index (χ0) is 15.2. The second-order valence-electron chi connectivity index (χ2n) is 5.08. The van der Waals surface area contributed by atoms with Crippen LogP contribution in [-0.4, -0.2) is 12.4 Å². The molecule has 2 aromatic rings. The number of ether oxygens (including phenoxy) is 1. The summed E-state index contributed by atoms with van der Waals surface area (Å²) in [4.78, 5) is 11.9. The van der Waals surface area contributed by atoms with E-state index in [0.717, 1.165) is 11.3 Å². The fraction of sp³-hybridized carbons (Fsp3) is 0.278. The lowest BCUT2D eigenvalue weighted by Crippen LogP contribution is -2.04. The molecule has 3 heteroatoms. The summed E-state index contributed by atoms with van der Waals surface area (Å²) >= 11 is 0. The lowest BCUT2D eigenvalue weighted by Gasteiger charge is -2.10. The average molecular weight is 286 g/mol. The molecular weight excluding hydrogens is 267 g/mol. The van der Waals surface area contributed by atoms with E-state index in [1.54, 1.807) is 0 Å². The molecule has 0 aromatic heterocycles. The van der Waals surface area contributed by atoms with Gasteiger partial charge in [0.05, 0.1) is 6.61 Å². The maximum Gasteiger partial charge on any atom is 0.163 e. The van der Waals surface area contributed by atoms with Crippen LogP contribution in [0.4, 0.5) is 4.39 Å². The molecule has 110 valence electrons. The molecule has 2 aromatic carbocycles. The molecule has 0 fully saturated rings. The van der Waals surface area contributed by atoms with Crippen molar-refractivity contribution in [3.8, 4) is 5.75 Å². The monoisotopic (exact) mass is 286 g/mol.